The average Bonchev–Trinajstić information content (AvgIpc) is 2.29. The average molecular weight is 250 g/mol. The highest BCUT2D eigenvalue weighted by molar-refractivity contribution is 5.94. The molecule has 0 bridgehead atoms. The Morgan fingerprint density at radius 2 is 1.94 bits per heavy atom. The molecule has 0 atom stereocenters. The molecule has 0 saturated heterocycles. The van der Waals surface area contributed by atoms with E-state index in [4.69, 9.17) is 10.5 Å². The first-order valence-corrected chi connectivity index (χ1v) is 6.24. The number of amides is 1. The molecule has 0 unspecified atom stereocenters. The van der Waals surface area contributed by atoms with Crippen LogP contribution in [0.3, 0.4) is 0 Å². The van der Waals surface area contributed by atoms with Gasteiger partial charge in [-0.05, 0) is 58.0 Å². The molecule has 0 radical (unpaired) electrons. The second kappa shape index (κ2) is 6.40. The Hall–Kier alpha value is -1.55. The topological polar surface area (TPSA) is 64.3 Å². The molecule has 0 aromatic heterocycles. The zero-order valence-electron chi connectivity index (χ0n) is 11.3. The molecule has 0 spiro atoms. The SMILES string of the molecule is CCOc1ccc(C(=O)NC(C)(C)CCN)cc1. The highest BCUT2D eigenvalue weighted by atomic mass is 16.5. The maximum absolute atomic E-state index is 12.0. The number of carbonyl (C=O) groups is 1. The Morgan fingerprint density at radius 3 is 2.44 bits per heavy atom. The van der Waals surface area contributed by atoms with Gasteiger partial charge in [0, 0.05) is 11.1 Å². The van der Waals surface area contributed by atoms with Crippen molar-refractivity contribution >= 4 is 5.91 Å². The van der Waals surface area contributed by atoms with Gasteiger partial charge in [-0.1, -0.05) is 0 Å². The predicted molar refractivity (Wildman–Crippen MR) is 72.8 cm³/mol. The number of carbonyl (C=O) groups excluding carboxylic acids is 1. The van der Waals surface area contributed by atoms with Gasteiger partial charge >= 0.3 is 0 Å². The molecular formula is C14H22N2O2. The molecule has 0 fully saturated rings. The number of benzene rings is 1. The van der Waals surface area contributed by atoms with Crippen molar-refractivity contribution in [1.29, 1.82) is 0 Å². The van der Waals surface area contributed by atoms with Crippen molar-refractivity contribution in [2.45, 2.75) is 32.7 Å². The van der Waals surface area contributed by atoms with Crippen molar-refractivity contribution in [1.82, 2.24) is 5.32 Å². The van der Waals surface area contributed by atoms with Crippen LogP contribution >= 0.6 is 0 Å². The van der Waals surface area contributed by atoms with Crippen LogP contribution in [0.5, 0.6) is 5.75 Å². The van der Waals surface area contributed by atoms with Crippen LogP contribution in [0.25, 0.3) is 0 Å². The standard InChI is InChI=1S/C14H22N2O2/c1-4-18-12-7-5-11(6-8-12)13(17)16-14(2,3)9-10-15/h5-8H,4,9-10,15H2,1-3H3,(H,16,17). The van der Waals surface area contributed by atoms with E-state index in [0.29, 0.717) is 18.7 Å². The van der Waals surface area contributed by atoms with Crippen LogP contribution < -0.4 is 15.8 Å². The minimum atomic E-state index is -0.287. The van der Waals surface area contributed by atoms with Crippen molar-refractivity contribution in [2.75, 3.05) is 13.2 Å². The lowest BCUT2D eigenvalue weighted by Gasteiger charge is -2.25. The summed E-state index contributed by atoms with van der Waals surface area (Å²) >= 11 is 0. The summed E-state index contributed by atoms with van der Waals surface area (Å²) in [5.41, 5.74) is 5.86. The number of nitrogens with one attached hydrogen (secondary N) is 1. The predicted octanol–water partition coefficient (Wildman–Crippen LogP) is 1.94. The Kier molecular flexibility index (Phi) is 5.16. The zero-order valence-corrected chi connectivity index (χ0v) is 11.3. The zero-order chi connectivity index (χ0) is 13.6. The van der Waals surface area contributed by atoms with E-state index in [1.165, 1.54) is 0 Å². The van der Waals surface area contributed by atoms with E-state index in [1.807, 2.05) is 20.8 Å². The highest BCUT2D eigenvalue weighted by Crippen LogP contribution is 2.14. The number of ether oxygens (including phenoxy) is 1. The maximum atomic E-state index is 12.0. The molecule has 0 aliphatic rings. The highest BCUT2D eigenvalue weighted by Gasteiger charge is 2.20. The Balaban J connectivity index is 2.67. The summed E-state index contributed by atoms with van der Waals surface area (Å²) in [5, 5.41) is 2.97. The normalized spacial score (nSPS) is 11.1. The van der Waals surface area contributed by atoms with Crippen LogP contribution in [-0.4, -0.2) is 24.6 Å². The van der Waals surface area contributed by atoms with E-state index in [1.54, 1.807) is 24.3 Å². The molecule has 3 N–H and O–H groups in total. The van der Waals surface area contributed by atoms with Crippen LogP contribution in [0.1, 0.15) is 37.6 Å². The molecular weight excluding hydrogens is 228 g/mol. The third-order valence-electron chi connectivity index (χ3n) is 2.65. The van der Waals surface area contributed by atoms with Crippen LogP contribution in [0.2, 0.25) is 0 Å². The van der Waals surface area contributed by atoms with Crippen LogP contribution in [-0.2, 0) is 0 Å². The van der Waals surface area contributed by atoms with E-state index in [0.717, 1.165) is 12.2 Å². The molecule has 0 heterocycles. The lowest BCUT2D eigenvalue weighted by Crippen LogP contribution is -2.44. The van der Waals surface area contributed by atoms with Gasteiger partial charge in [-0.25, -0.2) is 0 Å². The van der Waals surface area contributed by atoms with Gasteiger partial charge in [-0.3, -0.25) is 4.79 Å². The molecule has 0 aliphatic heterocycles. The minimum Gasteiger partial charge on any atom is -0.494 e. The van der Waals surface area contributed by atoms with Crippen molar-refractivity contribution < 1.29 is 9.53 Å². The van der Waals surface area contributed by atoms with Gasteiger partial charge in [0.1, 0.15) is 5.75 Å². The monoisotopic (exact) mass is 250 g/mol. The van der Waals surface area contributed by atoms with E-state index in [9.17, 15) is 4.79 Å². The van der Waals surface area contributed by atoms with Gasteiger partial charge in [-0.2, -0.15) is 0 Å². The van der Waals surface area contributed by atoms with Gasteiger partial charge in [0.05, 0.1) is 6.61 Å². The Labute approximate surface area is 109 Å². The van der Waals surface area contributed by atoms with E-state index >= 15 is 0 Å². The molecule has 1 aromatic carbocycles. The molecule has 1 rings (SSSR count). The number of rotatable bonds is 6. The fourth-order valence-electron chi connectivity index (χ4n) is 1.67. The van der Waals surface area contributed by atoms with Crippen molar-refractivity contribution in [3.8, 4) is 5.75 Å². The fraction of sp³-hybridized carbons (Fsp3) is 0.500. The van der Waals surface area contributed by atoms with E-state index in [-0.39, 0.29) is 11.4 Å². The van der Waals surface area contributed by atoms with E-state index in [2.05, 4.69) is 5.32 Å². The minimum absolute atomic E-state index is 0.0866. The molecule has 1 aromatic rings. The summed E-state index contributed by atoms with van der Waals surface area (Å²) in [6.45, 7) is 7.03. The van der Waals surface area contributed by atoms with Gasteiger partial charge in [0.2, 0.25) is 0 Å². The number of nitrogens with two attached hydrogens (primary N) is 1. The second-order valence-corrected chi connectivity index (χ2v) is 4.83. The van der Waals surface area contributed by atoms with Gasteiger partial charge in [0.15, 0.2) is 0 Å². The smallest absolute Gasteiger partial charge is 0.251 e. The van der Waals surface area contributed by atoms with Crippen LogP contribution in [0.15, 0.2) is 24.3 Å². The fourth-order valence-corrected chi connectivity index (χ4v) is 1.67. The van der Waals surface area contributed by atoms with Crippen LogP contribution in [0.4, 0.5) is 0 Å². The molecule has 18 heavy (non-hydrogen) atoms. The first kappa shape index (κ1) is 14.5. The lowest BCUT2D eigenvalue weighted by molar-refractivity contribution is 0.0910. The molecule has 0 saturated carbocycles. The van der Waals surface area contributed by atoms with Gasteiger partial charge in [0.25, 0.3) is 5.91 Å². The summed E-state index contributed by atoms with van der Waals surface area (Å²) in [5.74, 6) is 0.687. The molecule has 4 nitrogen and oxygen atoms in total. The molecule has 100 valence electrons. The van der Waals surface area contributed by atoms with Crippen molar-refractivity contribution in [2.24, 2.45) is 5.73 Å². The largest absolute Gasteiger partial charge is 0.494 e. The Bertz CT molecular complexity index is 385. The van der Waals surface area contributed by atoms with Gasteiger partial charge in [-0.15, -0.1) is 0 Å². The van der Waals surface area contributed by atoms with E-state index < -0.39 is 0 Å². The number of hydrogen-bond donors (Lipinski definition) is 2. The second-order valence-electron chi connectivity index (χ2n) is 4.83. The number of hydrogen-bond acceptors (Lipinski definition) is 3. The first-order valence-electron chi connectivity index (χ1n) is 6.24. The van der Waals surface area contributed by atoms with Gasteiger partial charge < -0.3 is 15.8 Å². The third-order valence-corrected chi connectivity index (χ3v) is 2.65. The molecule has 1 amide bonds. The third kappa shape index (κ3) is 4.37. The summed E-state index contributed by atoms with van der Waals surface area (Å²) in [7, 11) is 0. The summed E-state index contributed by atoms with van der Waals surface area (Å²) in [6, 6.07) is 7.13. The quantitative estimate of drug-likeness (QED) is 0.811. The summed E-state index contributed by atoms with van der Waals surface area (Å²) in [4.78, 5) is 12.0. The maximum Gasteiger partial charge on any atom is 0.251 e. The summed E-state index contributed by atoms with van der Waals surface area (Å²) < 4.78 is 5.33. The van der Waals surface area contributed by atoms with Crippen molar-refractivity contribution in [3.05, 3.63) is 29.8 Å². The first-order chi connectivity index (χ1) is 8.48. The molecule has 0 aliphatic carbocycles. The van der Waals surface area contributed by atoms with Crippen LogP contribution in [0, 0.1) is 0 Å². The summed E-state index contributed by atoms with van der Waals surface area (Å²) in [6.07, 6.45) is 0.746. The lowest BCUT2D eigenvalue weighted by atomic mass is 10.00. The van der Waals surface area contributed by atoms with Crippen molar-refractivity contribution in [3.63, 3.8) is 0 Å². The molecule has 4 heteroatoms. The Morgan fingerprint density at radius 1 is 1.33 bits per heavy atom.